The van der Waals surface area contributed by atoms with Gasteiger partial charge in [0, 0.05) is 0 Å². The molecule has 0 aromatic carbocycles. The predicted molar refractivity (Wildman–Crippen MR) is 147 cm³/mol. The second-order valence-corrected chi connectivity index (χ2v) is 11.4. The van der Waals surface area contributed by atoms with Gasteiger partial charge in [-0.3, -0.25) is 4.57 Å². The van der Waals surface area contributed by atoms with Crippen molar-refractivity contribution in [1.29, 1.82) is 0 Å². The van der Waals surface area contributed by atoms with Crippen molar-refractivity contribution in [2.45, 2.75) is 156 Å². The predicted octanol–water partition coefficient (Wildman–Crippen LogP) is 8.12. The Bertz CT molecular complexity index is 393. The topological polar surface area (TPSA) is 80.6 Å². The molecular weight excluding hydrogens is 445 g/mol. The van der Waals surface area contributed by atoms with Crippen LogP contribution in [0, 0.1) is 0 Å². The minimum Gasteiger partial charge on any atom is -0.756 e. The van der Waals surface area contributed by atoms with Gasteiger partial charge < -0.3 is 19.2 Å². The largest absolute Gasteiger partial charge is 0.756 e. The van der Waals surface area contributed by atoms with Crippen molar-refractivity contribution in [3.05, 3.63) is 0 Å². The van der Waals surface area contributed by atoms with Crippen LogP contribution in [-0.2, 0) is 4.57 Å². The Balaban J connectivity index is 0. The highest BCUT2D eigenvalue weighted by Gasteiger charge is 2.25. The molecule has 0 unspecified atom stereocenters. The summed E-state index contributed by atoms with van der Waals surface area (Å²) in [5.41, 5.74) is 0. The van der Waals surface area contributed by atoms with Crippen LogP contribution in [0.4, 0.5) is 0 Å². The monoisotopic (exact) mass is 507 g/mol. The fourth-order valence-electron chi connectivity index (χ4n) is 4.85. The van der Waals surface area contributed by atoms with Crippen LogP contribution >= 0.6 is 7.82 Å². The summed E-state index contributed by atoms with van der Waals surface area (Å²) in [6.07, 6.45) is 28.8. The van der Waals surface area contributed by atoms with E-state index >= 15 is 0 Å². The minimum absolute atomic E-state index is 1.36. The molecule has 0 radical (unpaired) electrons. The lowest BCUT2D eigenvalue weighted by Gasteiger charge is -2.39. The Kier molecular flexibility index (Phi) is 27.9. The summed E-state index contributed by atoms with van der Waals surface area (Å²) in [5.74, 6) is 0. The summed E-state index contributed by atoms with van der Waals surface area (Å²) in [6.45, 7) is 15.2. The first-order chi connectivity index (χ1) is 16.2. The lowest BCUT2D eigenvalue weighted by atomic mass is 10.1. The van der Waals surface area contributed by atoms with Gasteiger partial charge in [-0.25, -0.2) is 0 Å². The highest BCUT2D eigenvalue weighted by molar-refractivity contribution is 7.43. The number of nitrogens with zero attached hydrogens (tertiary/aromatic N) is 1. The molecule has 0 aliphatic heterocycles. The third-order valence-electron chi connectivity index (χ3n) is 6.94. The van der Waals surface area contributed by atoms with Crippen LogP contribution in [0.15, 0.2) is 0 Å². The normalized spacial score (nSPS) is 12.0. The van der Waals surface area contributed by atoms with Gasteiger partial charge in [-0.05, 0) is 44.9 Å². The van der Waals surface area contributed by atoms with E-state index in [0.29, 0.717) is 0 Å². The molecule has 0 aliphatic carbocycles. The van der Waals surface area contributed by atoms with E-state index in [9.17, 15) is 0 Å². The SMILES string of the molecule is CCCCCCCC[N+](CCCC)(CCCCCCCC)CCCCCCCC.O=P([O-])(O)O. The molecule has 0 spiro atoms. The number of quaternary nitrogens is 1. The molecule has 34 heavy (non-hydrogen) atoms. The van der Waals surface area contributed by atoms with Crippen molar-refractivity contribution in [3.8, 4) is 0 Å². The summed E-state index contributed by atoms with van der Waals surface area (Å²) in [5, 5.41) is 0. The Morgan fingerprint density at radius 1 is 0.471 bits per heavy atom. The van der Waals surface area contributed by atoms with Crippen LogP contribution in [0.5, 0.6) is 0 Å². The van der Waals surface area contributed by atoms with Crippen molar-refractivity contribution < 1.29 is 23.7 Å². The summed E-state index contributed by atoms with van der Waals surface area (Å²) in [6, 6.07) is 0. The van der Waals surface area contributed by atoms with Gasteiger partial charge in [0.25, 0.3) is 7.82 Å². The van der Waals surface area contributed by atoms with Gasteiger partial charge in [0.1, 0.15) is 0 Å². The van der Waals surface area contributed by atoms with Crippen LogP contribution in [0.3, 0.4) is 0 Å². The smallest absolute Gasteiger partial charge is 0.262 e. The van der Waals surface area contributed by atoms with Crippen molar-refractivity contribution in [2.24, 2.45) is 0 Å². The summed E-state index contributed by atoms with van der Waals surface area (Å²) in [4.78, 5) is 22.9. The van der Waals surface area contributed by atoms with Gasteiger partial charge >= 0.3 is 0 Å². The van der Waals surface area contributed by atoms with E-state index in [4.69, 9.17) is 19.2 Å². The molecule has 0 bridgehead atoms. The van der Waals surface area contributed by atoms with Crippen LogP contribution < -0.4 is 4.89 Å². The fourth-order valence-corrected chi connectivity index (χ4v) is 4.85. The standard InChI is InChI=1S/C28H60N.H3O4P/c1-5-9-13-16-19-22-26-29(25-12-8-4,27-23-20-17-14-10-6-2)28-24-21-18-15-11-7-3;1-5(2,3)4/h5-28H2,1-4H3;(H3,1,2,3,4)/q+1;/p-1. The van der Waals surface area contributed by atoms with Crippen LogP contribution in [-0.4, -0.2) is 40.4 Å². The molecule has 0 aromatic heterocycles. The van der Waals surface area contributed by atoms with Gasteiger partial charge in [-0.15, -0.1) is 0 Å². The molecule has 0 amide bonds. The quantitative estimate of drug-likeness (QED) is 0.0785. The number of unbranched alkanes of at least 4 members (excludes halogenated alkanes) is 16. The third kappa shape index (κ3) is 30.1. The van der Waals surface area contributed by atoms with Crippen molar-refractivity contribution in [2.75, 3.05) is 26.2 Å². The van der Waals surface area contributed by atoms with Crippen molar-refractivity contribution >= 4 is 7.82 Å². The minimum atomic E-state index is -4.89. The Labute approximate surface area is 214 Å². The third-order valence-corrected chi connectivity index (χ3v) is 6.94. The highest BCUT2D eigenvalue weighted by atomic mass is 31.2. The lowest BCUT2D eigenvalue weighted by molar-refractivity contribution is -0.929. The number of phosphoric acid groups is 1. The second-order valence-electron chi connectivity index (χ2n) is 10.4. The van der Waals surface area contributed by atoms with E-state index in [1.54, 1.807) is 0 Å². The molecule has 0 heterocycles. The summed E-state index contributed by atoms with van der Waals surface area (Å²) >= 11 is 0. The van der Waals surface area contributed by atoms with E-state index in [2.05, 4.69) is 27.7 Å². The Morgan fingerprint density at radius 2 is 0.676 bits per heavy atom. The number of hydrogen-bond donors (Lipinski definition) is 2. The van der Waals surface area contributed by atoms with E-state index < -0.39 is 7.82 Å². The first kappa shape index (κ1) is 36.2. The Hall–Kier alpha value is 0.0700. The van der Waals surface area contributed by atoms with Crippen LogP contribution in [0.2, 0.25) is 0 Å². The molecule has 0 saturated carbocycles. The van der Waals surface area contributed by atoms with E-state index in [-0.39, 0.29) is 0 Å². The average Bonchev–Trinajstić information content (AvgIpc) is 2.78. The van der Waals surface area contributed by atoms with Crippen LogP contribution in [0.25, 0.3) is 0 Å². The zero-order valence-electron chi connectivity index (χ0n) is 23.6. The van der Waals surface area contributed by atoms with Crippen molar-refractivity contribution in [3.63, 3.8) is 0 Å². The van der Waals surface area contributed by atoms with Gasteiger partial charge in [0.15, 0.2) is 0 Å². The van der Waals surface area contributed by atoms with Gasteiger partial charge in [0.2, 0.25) is 0 Å². The van der Waals surface area contributed by atoms with Crippen LogP contribution in [0.1, 0.15) is 156 Å². The average molecular weight is 508 g/mol. The molecule has 0 aromatic rings. The molecular formula is C28H62NO4P. The summed E-state index contributed by atoms with van der Waals surface area (Å²) in [7, 11) is -4.89. The van der Waals surface area contributed by atoms with Gasteiger partial charge in [0.05, 0.1) is 26.2 Å². The summed E-state index contributed by atoms with van der Waals surface area (Å²) < 4.78 is 10.2. The van der Waals surface area contributed by atoms with Gasteiger partial charge in [-0.1, -0.05) is 111 Å². The fraction of sp³-hybridized carbons (Fsp3) is 1.00. The Morgan fingerprint density at radius 3 is 0.941 bits per heavy atom. The molecule has 0 aliphatic rings. The molecule has 5 nitrogen and oxygen atoms in total. The van der Waals surface area contributed by atoms with E-state index in [0.717, 1.165) is 0 Å². The van der Waals surface area contributed by atoms with Crippen molar-refractivity contribution in [1.82, 2.24) is 0 Å². The maximum Gasteiger partial charge on any atom is 0.262 e. The molecule has 208 valence electrons. The molecule has 0 fully saturated rings. The van der Waals surface area contributed by atoms with E-state index in [1.165, 1.54) is 159 Å². The molecule has 2 N–H and O–H groups in total. The maximum absolute atomic E-state index is 8.77. The lowest BCUT2D eigenvalue weighted by Crippen LogP contribution is -2.50. The first-order valence-corrected chi connectivity index (χ1v) is 16.4. The maximum atomic E-state index is 8.77. The zero-order chi connectivity index (χ0) is 26.0. The van der Waals surface area contributed by atoms with Gasteiger partial charge in [-0.2, -0.15) is 0 Å². The first-order valence-electron chi connectivity index (χ1n) is 14.9. The highest BCUT2D eigenvalue weighted by Crippen LogP contribution is 2.20. The molecule has 0 rings (SSSR count). The molecule has 6 heteroatoms. The molecule has 0 atom stereocenters. The van der Waals surface area contributed by atoms with E-state index in [1.807, 2.05) is 0 Å². The zero-order valence-corrected chi connectivity index (χ0v) is 24.5. The number of hydrogen-bond acceptors (Lipinski definition) is 2. The molecule has 0 saturated heterocycles. The second kappa shape index (κ2) is 26.1. The number of rotatable bonds is 24.